The SMILES string of the molecule is CCCCCCCCCCCCCCCCCC(=O)NC(COP(=O)(O)OCC[N+](C)(C)C)C(O)CCCCCCCCCCCCC. The maximum atomic E-state index is 12.8. The second kappa shape index (κ2) is 32.4. The number of aliphatic hydroxyl groups excluding tert-OH is 1. The second-order valence-corrected chi connectivity index (χ2v) is 16.8. The maximum absolute atomic E-state index is 12.8. The summed E-state index contributed by atoms with van der Waals surface area (Å²) in [5.41, 5.74) is 0. The lowest BCUT2D eigenvalue weighted by atomic mass is 10.0. The van der Waals surface area contributed by atoms with Gasteiger partial charge < -0.3 is 19.8 Å². The van der Waals surface area contributed by atoms with Crippen molar-refractivity contribution in [1.82, 2.24) is 5.32 Å². The van der Waals surface area contributed by atoms with Crippen LogP contribution in [-0.2, 0) is 18.4 Å². The third-order valence-electron chi connectivity index (χ3n) is 9.36. The van der Waals surface area contributed by atoms with Gasteiger partial charge in [0.05, 0.1) is 39.9 Å². The molecule has 0 aliphatic heterocycles. The number of nitrogens with one attached hydrogen (secondary N) is 1. The van der Waals surface area contributed by atoms with Crippen LogP contribution in [0.15, 0.2) is 0 Å². The Kier molecular flexibility index (Phi) is 32.1. The molecule has 288 valence electrons. The predicted octanol–water partition coefficient (Wildman–Crippen LogP) is 10.6. The normalized spacial score (nSPS) is 14.6. The molecule has 0 saturated heterocycles. The Labute approximate surface area is 298 Å². The van der Waals surface area contributed by atoms with Gasteiger partial charge in [0.1, 0.15) is 13.2 Å². The van der Waals surface area contributed by atoms with Crippen molar-refractivity contribution < 1.29 is 32.9 Å². The summed E-state index contributed by atoms with van der Waals surface area (Å²) in [7, 11) is 1.62. The lowest BCUT2D eigenvalue weighted by Gasteiger charge is -2.26. The smallest absolute Gasteiger partial charge is 0.391 e. The molecule has 0 radical (unpaired) electrons. The standard InChI is InChI=1S/C39H81N2O6P/c1-6-8-10-12-14-16-18-19-20-21-23-25-27-29-31-33-39(43)40-37(36-47-48(44,45)46-35-34-41(3,4)5)38(42)32-30-28-26-24-22-17-15-13-11-9-7-2/h37-38,42H,6-36H2,1-5H3,(H-,40,43,44,45)/p+1. The Morgan fingerprint density at radius 2 is 1.00 bits per heavy atom. The molecule has 3 unspecified atom stereocenters. The van der Waals surface area contributed by atoms with Gasteiger partial charge in [0, 0.05) is 6.42 Å². The van der Waals surface area contributed by atoms with Gasteiger partial charge in [0.15, 0.2) is 0 Å². The predicted molar refractivity (Wildman–Crippen MR) is 203 cm³/mol. The maximum Gasteiger partial charge on any atom is 0.472 e. The lowest BCUT2D eigenvalue weighted by molar-refractivity contribution is -0.870. The Balaban J connectivity index is 4.38. The molecule has 0 aromatic heterocycles. The van der Waals surface area contributed by atoms with E-state index in [-0.39, 0.29) is 19.1 Å². The number of carbonyl (C=O) groups is 1. The van der Waals surface area contributed by atoms with Crippen LogP contribution in [0.1, 0.15) is 194 Å². The molecule has 48 heavy (non-hydrogen) atoms. The fourth-order valence-corrected chi connectivity index (χ4v) is 6.78. The minimum Gasteiger partial charge on any atom is -0.391 e. The van der Waals surface area contributed by atoms with Gasteiger partial charge in [-0.1, -0.05) is 174 Å². The highest BCUT2D eigenvalue weighted by Gasteiger charge is 2.28. The number of rotatable bonds is 37. The molecule has 0 aliphatic carbocycles. The van der Waals surface area contributed by atoms with E-state index in [2.05, 4.69) is 19.2 Å². The van der Waals surface area contributed by atoms with E-state index < -0.39 is 20.0 Å². The number of nitrogens with zero attached hydrogens (tertiary/aromatic N) is 1. The summed E-state index contributed by atoms with van der Waals surface area (Å²) in [4.78, 5) is 23.0. The van der Waals surface area contributed by atoms with Crippen molar-refractivity contribution in [2.75, 3.05) is 40.9 Å². The monoisotopic (exact) mass is 706 g/mol. The van der Waals surface area contributed by atoms with Gasteiger partial charge in [-0.25, -0.2) is 4.57 Å². The van der Waals surface area contributed by atoms with Crippen LogP contribution in [-0.4, -0.2) is 73.4 Å². The summed E-state index contributed by atoms with van der Waals surface area (Å²) in [6, 6.07) is -0.751. The highest BCUT2D eigenvalue weighted by atomic mass is 31.2. The average molecular weight is 706 g/mol. The summed E-state index contributed by atoms with van der Waals surface area (Å²) in [6.07, 6.45) is 32.6. The molecule has 0 aromatic carbocycles. The minimum atomic E-state index is -4.30. The van der Waals surface area contributed by atoms with Gasteiger partial charge >= 0.3 is 7.82 Å². The molecule has 1 amide bonds. The van der Waals surface area contributed by atoms with Crippen LogP contribution in [0.3, 0.4) is 0 Å². The van der Waals surface area contributed by atoms with Crippen LogP contribution in [0.25, 0.3) is 0 Å². The number of hydrogen-bond acceptors (Lipinski definition) is 5. The highest BCUT2D eigenvalue weighted by Crippen LogP contribution is 2.43. The Morgan fingerprint density at radius 3 is 1.40 bits per heavy atom. The third-order valence-corrected chi connectivity index (χ3v) is 10.3. The van der Waals surface area contributed by atoms with Gasteiger partial charge in [-0.3, -0.25) is 13.8 Å². The van der Waals surface area contributed by atoms with Crippen molar-refractivity contribution >= 4 is 13.7 Å². The van der Waals surface area contributed by atoms with Crippen LogP contribution in [0.4, 0.5) is 0 Å². The number of hydrogen-bond donors (Lipinski definition) is 3. The fraction of sp³-hybridized carbons (Fsp3) is 0.974. The van der Waals surface area contributed by atoms with Crippen LogP contribution >= 0.6 is 7.82 Å². The lowest BCUT2D eigenvalue weighted by Crippen LogP contribution is -2.46. The Morgan fingerprint density at radius 1 is 0.625 bits per heavy atom. The van der Waals surface area contributed by atoms with Crippen molar-refractivity contribution in [2.45, 2.75) is 206 Å². The number of carbonyl (C=O) groups excluding carboxylic acids is 1. The topological polar surface area (TPSA) is 105 Å². The van der Waals surface area contributed by atoms with Crippen molar-refractivity contribution in [3.63, 3.8) is 0 Å². The molecule has 0 aliphatic rings. The number of aliphatic hydroxyl groups is 1. The highest BCUT2D eigenvalue weighted by molar-refractivity contribution is 7.47. The van der Waals surface area contributed by atoms with Gasteiger partial charge in [-0.05, 0) is 12.8 Å². The van der Waals surface area contributed by atoms with Crippen molar-refractivity contribution in [3.05, 3.63) is 0 Å². The molecular weight excluding hydrogens is 623 g/mol. The number of unbranched alkanes of at least 4 members (excludes halogenated alkanes) is 24. The first kappa shape index (κ1) is 47.5. The van der Waals surface area contributed by atoms with E-state index >= 15 is 0 Å². The molecule has 0 spiro atoms. The van der Waals surface area contributed by atoms with Crippen molar-refractivity contribution in [2.24, 2.45) is 0 Å². The van der Waals surface area contributed by atoms with E-state index in [4.69, 9.17) is 9.05 Å². The first-order chi connectivity index (χ1) is 23.0. The van der Waals surface area contributed by atoms with Gasteiger partial charge in [-0.2, -0.15) is 0 Å². The summed E-state index contributed by atoms with van der Waals surface area (Å²) < 4.78 is 23.5. The quantitative estimate of drug-likeness (QED) is 0.0338. The molecule has 0 fully saturated rings. The van der Waals surface area contributed by atoms with Crippen LogP contribution in [0.2, 0.25) is 0 Å². The van der Waals surface area contributed by atoms with Crippen LogP contribution in [0.5, 0.6) is 0 Å². The number of phosphoric acid groups is 1. The summed E-state index contributed by atoms with van der Waals surface area (Å²) >= 11 is 0. The summed E-state index contributed by atoms with van der Waals surface area (Å²) in [5.74, 6) is -0.144. The molecular formula is C39H82N2O6P+. The van der Waals surface area contributed by atoms with E-state index in [0.29, 0.717) is 23.9 Å². The third kappa shape index (κ3) is 34.0. The molecule has 0 saturated carbocycles. The molecule has 3 atom stereocenters. The van der Waals surface area contributed by atoms with Gasteiger partial charge in [0.2, 0.25) is 5.91 Å². The Bertz CT molecular complexity index is 763. The van der Waals surface area contributed by atoms with Gasteiger partial charge in [-0.15, -0.1) is 0 Å². The summed E-state index contributed by atoms with van der Waals surface area (Å²) in [6.45, 7) is 4.88. The molecule has 0 bridgehead atoms. The molecule has 8 nitrogen and oxygen atoms in total. The van der Waals surface area contributed by atoms with E-state index in [1.54, 1.807) is 0 Å². The van der Waals surface area contributed by atoms with Gasteiger partial charge in [0.25, 0.3) is 0 Å². The minimum absolute atomic E-state index is 0.0782. The molecule has 3 N–H and O–H groups in total. The van der Waals surface area contributed by atoms with E-state index in [1.165, 1.54) is 128 Å². The van der Waals surface area contributed by atoms with E-state index in [9.17, 15) is 19.4 Å². The summed E-state index contributed by atoms with van der Waals surface area (Å²) in [5, 5.41) is 13.9. The number of phosphoric ester groups is 1. The first-order valence-corrected chi connectivity index (χ1v) is 21.9. The van der Waals surface area contributed by atoms with Crippen molar-refractivity contribution in [1.29, 1.82) is 0 Å². The van der Waals surface area contributed by atoms with Crippen molar-refractivity contribution in [3.8, 4) is 0 Å². The van der Waals surface area contributed by atoms with Crippen LogP contribution < -0.4 is 5.32 Å². The zero-order chi connectivity index (χ0) is 35.8. The Hall–Kier alpha value is -0.500. The zero-order valence-electron chi connectivity index (χ0n) is 32.5. The van der Waals surface area contributed by atoms with E-state index in [1.807, 2.05) is 21.1 Å². The largest absolute Gasteiger partial charge is 0.472 e. The number of quaternary nitrogens is 1. The first-order valence-electron chi connectivity index (χ1n) is 20.4. The molecule has 0 heterocycles. The molecule has 0 rings (SSSR count). The van der Waals surface area contributed by atoms with Crippen LogP contribution in [0, 0.1) is 0 Å². The number of amides is 1. The second-order valence-electron chi connectivity index (χ2n) is 15.4. The zero-order valence-corrected chi connectivity index (χ0v) is 33.4. The fourth-order valence-electron chi connectivity index (χ4n) is 6.05. The van der Waals surface area contributed by atoms with E-state index in [0.717, 1.165) is 38.5 Å². The molecule has 9 heteroatoms. The number of likely N-dealkylation sites (N-methyl/N-ethyl adjacent to an activating group) is 1. The molecule has 0 aromatic rings. The average Bonchev–Trinajstić information content (AvgIpc) is 3.02.